The molecule has 3 nitrogen and oxygen atoms in total. The predicted molar refractivity (Wildman–Crippen MR) is 106 cm³/mol. The second-order valence-corrected chi connectivity index (χ2v) is 7.42. The Morgan fingerprint density at radius 1 is 1.21 bits per heavy atom. The molecule has 0 saturated carbocycles. The molecule has 0 bridgehead atoms. The van der Waals surface area contributed by atoms with Crippen LogP contribution in [0.1, 0.15) is 39.0 Å². The molecule has 0 aliphatic rings. The van der Waals surface area contributed by atoms with Gasteiger partial charge in [-0.05, 0) is 61.8 Å². The van der Waals surface area contributed by atoms with Gasteiger partial charge in [-0.1, -0.05) is 37.0 Å². The third-order valence-electron chi connectivity index (χ3n) is 3.74. The zero-order chi connectivity index (χ0) is 17.7. The highest BCUT2D eigenvalue weighted by molar-refractivity contribution is 7.80. The normalized spacial score (nSPS) is 12.2. The van der Waals surface area contributed by atoms with Crippen molar-refractivity contribution in [2.24, 2.45) is 5.92 Å². The van der Waals surface area contributed by atoms with Gasteiger partial charge < -0.3 is 14.6 Å². The summed E-state index contributed by atoms with van der Waals surface area (Å²) >= 11 is 17.8. The molecule has 1 unspecified atom stereocenters. The summed E-state index contributed by atoms with van der Waals surface area (Å²) in [5.74, 6) is 1.46. The summed E-state index contributed by atoms with van der Waals surface area (Å²) in [6.07, 6.45) is 2.71. The molecular formula is C18H22Cl2N2OS. The Kier molecular flexibility index (Phi) is 6.96. The largest absolute Gasteiger partial charge is 0.467 e. The lowest BCUT2D eigenvalue weighted by Crippen LogP contribution is -2.38. The van der Waals surface area contributed by atoms with Crippen molar-refractivity contribution in [1.82, 2.24) is 4.90 Å². The fraction of sp³-hybridized carbons (Fsp3) is 0.389. The number of rotatable bonds is 6. The maximum Gasteiger partial charge on any atom is 0.174 e. The minimum atomic E-state index is 0.0356. The average molecular weight is 385 g/mol. The van der Waals surface area contributed by atoms with E-state index in [2.05, 4.69) is 31.0 Å². The maximum absolute atomic E-state index is 6.06. The number of thiocarbonyl (C=S) groups is 1. The summed E-state index contributed by atoms with van der Waals surface area (Å²) < 4.78 is 5.55. The minimum Gasteiger partial charge on any atom is -0.467 e. The number of anilines is 1. The Labute approximate surface area is 158 Å². The van der Waals surface area contributed by atoms with Crippen LogP contribution in [-0.4, -0.2) is 16.6 Å². The molecule has 0 fully saturated rings. The lowest BCUT2D eigenvalue weighted by atomic mass is 10.1. The van der Waals surface area contributed by atoms with E-state index in [0.29, 0.717) is 21.1 Å². The summed E-state index contributed by atoms with van der Waals surface area (Å²) in [5, 5.41) is 5.00. The monoisotopic (exact) mass is 384 g/mol. The van der Waals surface area contributed by atoms with Crippen LogP contribution >= 0.6 is 35.4 Å². The standard InChI is InChI=1S/C18H22Cl2N2OS/c1-12(2)6-7-22(13(3)17-5-4-8-23-17)18(24)21-16-10-14(19)9-15(20)11-16/h4-5,8-13H,6-7H2,1-3H3,(H,21,24). The smallest absolute Gasteiger partial charge is 0.174 e. The number of nitrogens with one attached hydrogen (secondary N) is 1. The third-order valence-corrected chi connectivity index (χ3v) is 4.52. The van der Waals surface area contributed by atoms with Crippen LogP contribution < -0.4 is 5.32 Å². The van der Waals surface area contributed by atoms with Gasteiger partial charge in [0.15, 0.2) is 5.11 Å². The molecule has 0 spiro atoms. The molecule has 6 heteroatoms. The number of nitrogens with zero attached hydrogens (tertiary/aromatic N) is 1. The van der Waals surface area contributed by atoms with Crippen LogP contribution in [-0.2, 0) is 0 Å². The number of furan rings is 1. The van der Waals surface area contributed by atoms with Crippen molar-refractivity contribution in [3.05, 3.63) is 52.4 Å². The number of hydrogen-bond donors (Lipinski definition) is 1. The molecule has 1 aromatic carbocycles. The third kappa shape index (κ3) is 5.40. The van der Waals surface area contributed by atoms with E-state index in [4.69, 9.17) is 39.8 Å². The molecule has 0 amide bonds. The van der Waals surface area contributed by atoms with Crippen LogP contribution in [0.15, 0.2) is 41.0 Å². The van der Waals surface area contributed by atoms with Crippen molar-refractivity contribution in [1.29, 1.82) is 0 Å². The second kappa shape index (κ2) is 8.75. The Morgan fingerprint density at radius 3 is 2.42 bits per heavy atom. The summed E-state index contributed by atoms with van der Waals surface area (Å²) in [5.41, 5.74) is 0.777. The van der Waals surface area contributed by atoms with E-state index in [-0.39, 0.29) is 6.04 Å². The maximum atomic E-state index is 6.06. The Balaban J connectivity index is 2.16. The van der Waals surface area contributed by atoms with Gasteiger partial charge in [-0.15, -0.1) is 0 Å². The van der Waals surface area contributed by atoms with Gasteiger partial charge in [0.25, 0.3) is 0 Å². The topological polar surface area (TPSA) is 28.4 Å². The molecule has 24 heavy (non-hydrogen) atoms. The SMILES string of the molecule is CC(C)CCN(C(=S)Nc1cc(Cl)cc(Cl)c1)C(C)c1ccco1. The van der Waals surface area contributed by atoms with E-state index in [1.165, 1.54) is 0 Å². The van der Waals surface area contributed by atoms with Crippen molar-refractivity contribution >= 4 is 46.2 Å². The highest BCUT2D eigenvalue weighted by Gasteiger charge is 2.21. The van der Waals surface area contributed by atoms with Gasteiger partial charge >= 0.3 is 0 Å². The fourth-order valence-electron chi connectivity index (χ4n) is 2.37. The molecule has 1 N–H and O–H groups in total. The molecule has 1 heterocycles. The fourth-order valence-corrected chi connectivity index (χ4v) is 3.27. The summed E-state index contributed by atoms with van der Waals surface area (Å²) in [6, 6.07) is 9.19. The molecule has 1 atom stereocenters. The molecule has 2 rings (SSSR count). The first kappa shape index (κ1) is 19.1. The molecule has 0 saturated heterocycles. The van der Waals surface area contributed by atoms with Crippen molar-refractivity contribution in [2.75, 3.05) is 11.9 Å². The van der Waals surface area contributed by atoms with Crippen molar-refractivity contribution in [3.8, 4) is 0 Å². The van der Waals surface area contributed by atoms with Crippen LogP contribution in [0.2, 0.25) is 10.0 Å². The van der Waals surface area contributed by atoms with Crippen molar-refractivity contribution in [2.45, 2.75) is 33.2 Å². The summed E-state index contributed by atoms with van der Waals surface area (Å²) in [4.78, 5) is 2.13. The van der Waals surface area contributed by atoms with Crippen LogP contribution in [0.4, 0.5) is 5.69 Å². The van der Waals surface area contributed by atoms with Gasteiger partial charge in [-0.3, -0.25) is 0 Å². The average Bonchev–Trinajstić information content (AvgIpc) is 2.99. The van der Waals surface area contributed by atoms with E-state index in [9.17, 15) is 0 Å². The van der Waals surface area contributed by atoms with Crippen molar-refractivity contribution in [3.63, 3.8) is 0 Å². The van der Waals surface area contributed by atoms with Gasteiger partial charge in [-0.25, -0.2) is 0 Å². The molecule has 130 valence electrons. The lowest BCUT2D eigenvalue weighted by Gasteiger charge is -2.31. The Hall–Kier alpha value is -1.23. The Bertz CT molecular complexity index is 653. The number of benzene rings is 1. The van der Waals surface area contributed by atoms with Gasteiger partial charge in [-0.2, -0.15) is 0 Å². The van der Waals surface area contributed by atoms with Crippen LogP contribution in [0.5, 0.6) is 0 Å². The van der Waals surface area contributed by atoms with E-state index in [1.54, 1.807) is 24.5 Å². The highest BCUT2D eigenvalue weighted by atomic mass is 35.5. The second-order valence-electron chi connectivity index (χ2n) is 6.16. The zero-order valence-corrected chi connectivity index (χ0v) is 16.4. The van der Waals surface area contributed by atoms with E-state index >= 15 is 0 Å². The predicted octanol–water partition coefficient (Wildman–Crippen LogP) is 6.39. The van der Waals surface area contributed by atoms with Crippen LogP contribution in [0.25, 0.3) is 0 Å². The molecule has 0 aliphatic carbocycles. The van der Waals surface area contributed by atoms with Gasteiger partial charge in [0, 0.05) is 22.3 Å². The Morgan fingerprint density at radius 2 is 1.88 bits per heavy atom. The van der Waals surface area contributed by atoms with E-state index in [0.717, 1.165) is 24.4 Å². The molecule has 1 aromatic heterocycles. The highest BCUT2D eigenvalue weighted by Crippen LogP contribution is 2.26. The van der Waals surface area contributed by atoms with E-state index in [1.807, 2.05) is 12.1 Å². The van der Waals surface area contributed by atoms with Crippen LogP contribution in [0, 0.1) is 5.92 Å². The number of hydrogen-bond acceptors (Lipinski definition) is 2. The first-order valence-corrected chi connectivity index (χ1v) is 9.10. The molecule has 2 aromatic rings. The van der Waals surface area contributed by atoms with Crippen molar-refractivity contribution < 1.29 is 4.42 Å². The van der Waals surface area contributed by atoms with Gasteiger partial charge in [0.05, 0.1) is 12.3 Å². The van der Waals surface area contributed by atoms with Gasteiger partial charge in [0.2, 0.25) is 0 Å². The first-order chi connectivity index (χ1) is 11.4. The first-order valence-electron chi connectivity index (χ1n) is 7.94. The zero-order valence-electron chi connectivity index (χ0n) is 14.1. The van der Waals surface area contributed by atoms with Gasteiger partial charge in [0.1, 0.15) is 5.76 Å². The molecular weight excluding hydrogens is 363 g/mol. The summed E-state index contributed by atoms with van der Waals surface area (Å²) in [6.45, 7) is 7.31. The number of halogens is 2. The van der Waals surface area contributed by atoms with E-state index < -0.39 is 0 Å². The quantitative estimate of drug-likeness (QED) is 0.583. The molecule has 0 radical (unpaired) electrons. The van der Waals surface area contributed by atoms with Crippen LogP contribution in [0.3, 0.4) is 0 Å². The lowest BCUT2D eigenvalue weighted by molar-refractivity contribution is 0.281. The summed E-state index contributed by atoms with van der Waals surface area (Å²) in [7, 11) is 0. The minimum absolute atomic E-state index is 0.0356. The molecule has 0 aliphatic heterocycles.